The summed E-state index contributed by atoms with van der Waals surface area (Å²) in [5.74, 6) is 0.324. The molecule has 1 fully saturated rings. The highest BCUT2D eigenvalue weighted by Crippen LogP contribution is 2.35. The first-order chi connectivity index (χ1) is 15.4. The molecule has 2 N–H and O–H groups in total. The van der Waals surface area contributed by atoms with Crippen molar-refractivity contribution in [3.05, 3.63) is 58.0 Å². The Labute approximate surface area is 190 Å². The molecule has 0 radical (unpaired) electrons. The lowest BCUT2D eigenvalue weighted by Gasteiger charge is -2.42. The third-order valence-electron chi connectivity index (χ3n) is 5.98. The minimum absolute atomic E-state index is 0.0207. The molecule has 2 aliphatic heterocycles. The van der Waals surface area contributed by atoms with Gasteiger partial charge < -0.3 is 20.1 Å². The zero-order valence-corrected chi connectivity index (χ0v) is 18.9. The fourth-order valence-electron chi connectivity index (χ4n) is 4.51. The molecular formula is C23H26N4O4S. The second kappa shape index (κ2) is 9.20. The number of fused-ring (bicyclic) bond motifs is 4. The van der Waals surface area contributed by atoms with E-state index >= 15 is 0 Å². The Morgan fingerprint density at radius 2 is 1.78 bits per heavy atom. The second-order valence-corrected chi connectivity index (χ2v) is 9.20. The maximum Gasteiger partial charge on any atom is 0.321 e. The maximum atomic E-state index is 12.9. The van der Waals surface area contributed by atoms with Crippen molar-refractivity contribution in [3.8, 4) is 0 Å². The van der Waals surface area contributed by atoms with Crippen molar-refractivity contribution in [1.82, 2.24) is 9.47 Å². The molecule has 0 aliphatic carbocycles. The van der Waals surface area contributed by atoms with Crippen LogP contribution in [0, 0.1) is 5.92 Å². The molecule has 168 valence electrons. The first kappa shape index (κ1) is 22.1. The summed E-state index contributed by atoms with van der Waals surface area (Å²) in [6.45, 7) is 3.10. The molecule has 2 bridgehead atoms. The number of amides is 3. The van der Waals surface area contributed by atoms with Crippen LogP contribution in [0.3, 0.4) is 0 Å². The van der Waals surface area contributed by atoms with Gasteiger partial charge in [0.05, 0.1) is 5.75 Å². The average molecular weight is 455 g/mol. The van der Waals surface area contributed by atoms with Crippen LogP contribution in [0.2, 0.25) is 0 Å². The highest BCUT2D eigenvalue weighted by Gasteiger charge is 2.36. The van der Waals surface area contributed by atoms with Gasteiger partial charge in [-0.05, 0) is 61.9 Å². The molecule has 32 heavy (non-hydrogen) atoms. The van der Waals surface area contributed by atoms with Crippen molar-refractivity contribution in [2.75, 3.05) is 35.7 Å². The van der Waals surface area contributed by atoms with Crippen LogP contribution in [0.15, 0.2) is 41.2 Å². The average Bonchev–Trinajstić information content (AvgIpc) is 2.76. The number of nitrogens with zero attached hydrogens (tertiary/aromatic N) is 2. The van der Waals surface area contributed by atoms with Crippen LogP contribution in [0.5, 0.6) is 0 Å². The Morgan fingerprint density at radius 3 is 2.47 bits per heavy atom. The number of pyridine rings is 1. The Morgan fingerprint density at radius 1 is 1.03 bits per heavy atom. The number of likely N-dealkylation sites (tertiary alicyclic amines) is 1. The van der Waals surface area contributed by atoms with Crippen LogP contribution in [-0.2, 0) is 11.3 Å². The molecule has 3 amide bonds. The highest BCUT2D eigenvalue weighted by molar-refractivity contribution is 7.99. The smallest absolute Gasteiger partial charge is 0.321 e. The molecule has 4 rings (SSSR count). The predicted octanol–water partition coefficient (Wildman–Crippen LogP) is 3.00. The van der Waals surface area contributed by atoms with Crippen LogP contribution in [0.4, 0.5) is 16.2 Å². The molecule has 1 aromatic carbocycles. The number of nitrogens with one attached hydrogen (secondary N) is 2. The van der Waals surface area contributed by atoms with Gasteiger partial charge in [-0.25, -0.2) is 4.79 Å². The largest absolute Gasteiger partial charge is 0.324 e. The van der Waals surface area contributed by atoms with Gasteiger partial charge in [0.15, 0.2) is 5.78 Å². The van der Waals surface area contributed by atoms with E-state index in [1.807, 2.05) is 12.3 Å². The molecule has 2 aliphatic rings. The normalized spacial score (nSPS) is 19.1. The van der Waals surface area contributed by atoms with Gasteiger partial charge in [0.25, 0.3) is 5.56 Å². The third-order valence-corrected chi connectivity index (χ3v) is 6.53. The lowest BCUT2D eigenvalue weighted by molar-refractivity contribution is -0.113. The molecule has 1 saturated heterocycles. The van der Waals surface area contributed by atoms with Crippen molar-refractivity contribution in [1.29, 1.82) is 0 Å². The molecule has 9 heteroatoms. The number of hydrogen-bond acceptors (Lipinski definition) is 5. The number of aromatic nitrogens is 1. The lowest BCUT2D eigenvalue weighted by Crippen LogP contribution is -2.50. The highest BCUT2D eigenvalue weighted by atomic mass is 32.2. The summed E-state index contributed by atoms with van der Waals surface area (Å²) in [6.07, 6.45) is 2.76. The van der Waals surface area contributed by atoms with Crippen molar-refractivity contribution < 1.29 is 14.4 Å². The summed E-state index contributed by atoms with van der Waals surface area (Å²) in [5, 5.41) is 5.61. The first-order valence-corrected chi connectivity index (χ1v) is 11.9. The summed E-state index contributed by atoms with van der Waals surface area (Å²) >= 11 is 1.40. The number of carbonyl (C=O) groups excluding carboxylic acids is 3. The maximum absolute atomic E-state index is 12.9. The third kappa shape index (κ3) is 4.57. The van der Waals surface area contributed by atoms with Crippen LogP contribution in [-0.4, -0.2) is 52.3 Å². The van der Waals surface area contributed by atoms with Crippen LogP contribution >= 0.6 is 11.8 Å². The minimum atomic E-state index is -0.190. The van der Waals surface area contributed by atoms with Crippen molar-refractivity contribution in [3.63, 3.8) is 0 Å². The van der Waals surface area contributed by atoms with Crippen LogP contribution < -0.4 is 16.2 Å². The van der Waals surface area contributed by atoms with Gasteiger partial charge in [-0.15, -0.1) is 0 Å². The number of carbonyl (C=O) groups is 3. The molecule has 3 heterocycles. The Hall–Kier alpha value is -3.07. The number of rotatable bonds is 5. The first-order valence-electron chi connectivity index (χ1n) is 10.5. The van der Waals surface area contributed by atoms with E-state index in [1.54, 1.807) is 39.8 Å². The molecule has 8 nitrogen and oxygen atoms in total. The number of hydrogen-bond donors (Lipinski definition) is 2. The molecule has 2 aromatic rings. The van der Waals surface area contributed by atoms with E-state index in [0.29, 0.717) is 42.3 Å². The van der Waals surface area contributed by atoms with E-state index in [9.17, 15) is 19.2 Å². The summed E-state index contributed by atoms with van der Waals surface area (Å²) in [5.41, 5.74) is 2.25. The van der Waals surface area contributed by atoms with Gasteiger partial charge in [-0.3, -0.25) is 14.4 Å². The van der Waals surface area contributed by atoms with E-state index in [4.69, 9.17) is 0 Å². The number of piperidine rings is 1. The topological polar surface area (TPSA) is 101 Å². The summed E-state index contributed by atoms with van der Waals surface area (Å²) in [6, 6.07) is 10.2. The van der Waals surface area contributed by atoms with E-state index in [2.05, 4.69) is 10.6 Å². The summed E-state index contributed by atoms with van der Waals surface area (Å²) < 4.78 is 1.75. The monoisotopic (exact) mass is 454 g/mol. The zero-order valence-electron chi connectivity index (χ0n) is 18.1. The summed E-state index contributed by atoms with van der Waals surface area (Å²) in [4.78, 5) is 50.9. The standard InChI is InChI=1S/C23H26N4O4S/c1-14(28)16-3-5-18(6-4-16)24-23(31)26-10-15-9-17(12-26)20-8-7-19(22(30)27(20)11-15)25-21(29)13-32-2/h3-8,15,17H,9-13H2,1-2H3,(H,24,31)(H,25,29). The Kier molecular flexibility index (Phi) is 6.36. The van der Waals surface area contributed by atoms with Gasteiger partial charge in [-0.2, -0.15) is 11.8 Å². The fraction of sp³-hybridized carbons (Fsp3) is 0.391. The van der Waals surface area contributed by atoms with Crippen molar-refractivity contribution in [2.24, 2.45) is 5.92 Å². The van der Waals surface area contributed by atoms with Gasteiger partial charge in [0, 0.05) is 42.5 Å². The van der Waals surface area contributed by atoms with Crippen molar-refractivity contribution in [2.45, 2.75) is 25.8 Å². The molecule has 2 atom stereocenters. The van der Waals surface area contributed by atoms with E-state index < -0.39 is 0 Å². The number of Topliss-reactive ketones (excluding diaryl/α,β-unsaturated/α-hetero) is 1. The van der Waals surface area contributed by atoms with Crippen LogP contribution in [0.25, 0.3) is 0 Å². The van der Waals surface area contributed by atoms with Gasteiger partial charge >= 0.3 is 6.03 Å². The SMILES string of the molecule is CSCC(=O)Nc1ccc2n(c1=O)CC1CC2CN(C(=O)Nc2ccc(C(C)=O)cc2)C1. The lowest BCUT2D eigenvalue weighted by atomic mass is 9.83. The number of benzene rings is 1. The fourth-order valence-corrected chi connectivity index (χ4v) is 4.85. The number of ketones is 1. The summed E-state index contributed by atoms with van der Waals surface area (Å²) in [7, 11) is 0. The number of anilines is 2. The van der Waals surface area contributed by atoms with Gasteiger partial charge in [-0.1, -0.05) is 0 Å². The predicted molar refractivity (Wildman–Crippen MR) is 126 cm³/mol. The van der Waals surface area contributed by atoms with E-state index in [1.165, 1.54) is 18.7 Å². The molecular weight excluding hydrogens is 428 g/mol. The van der Waals surface area contributed by atoms with Gasteiger partial charge in [0.1, 0.15) is 5.69 Å². The quantitative estimate of drug-likeness (QED) is 0.677. The van der Waals surface area contributed by atoms with Crippen LogP contribution in [0.1, 0.15) is 35.3 Å². The Bertz CT molecular complexity index is 1110. The number of thioether (sulfide) groups is 1. The minimum Gasteiger partial charge on any atom is -0.324 e. The Balaban J connectivity index is 1.47. The molecule has 1 aromatic heterocycles. The zero-order chi connectivity index (χ0) is 22.8. The van der Waals surface area contributed by atoms with Gasteiger partial charge in [0.2, 0.25) is 5.91 Å². The molecule has 0 spiro atoms. The molecule has 2 unspecified atom stereocenters. The molecule has 0 saturated carbocycles. The second-order valence-electron chi connectivity index (χ2n) is 8.34. The number of urea groups is 1. The van der Waals surface area contributed by atoms with E-state index in [0.717, 1.165) is 12.1 Å². The van der Waals surface area contributed by atoms with Crippen molar-refractivity contribution >= 4 is 40.9 Å². The van der Waals surface area contributed by atoms with E-state index in [-0.39, 0.29) is 35.1 Å².